The molecule has 0 aliphatic heterocycles. The quantitative estimate of drug-likeness (QED) is 0.739. The van der Waals surface area contributed by atoms with Crippen molar-refractivity contribution < 1.29 is 14.3 Å². The van der Waals surface area contributed by atoms with E-state index in [2.05, 4.69) is 21.2 Å². The van der Waals surface area contributed by atoms with Crippen molar-refractivity contribution >= 4 is 33.5 Å². The van der Waals surface area contributed by atoms with Gasteiger partial charge in [-0.2, -0.15) is 0 Å². The Labute approximate surface area is 150 Å². The van der Waals surface area contributed by atoms with E-state index in [1.165, 1.54) is 0 Å². The lowest BCUT2D eigenvalue weighted by atomic mass is 9.98. The fourth-order valence-electron chi connectivity index (χ4n) is 2.23. The molecule has 0 heterocycles. The van der Waals surface area contributed by atoms with Crippen molar-refractivity contribution in [2.75, 3.05) is 5.32 Å². The Morgan fingerprint density at radius 2 is 1.67 bits per heavy atom. The van der Waals surface area contributed by atoms with Crippen LogP contribution in [-0.2, 0) is 14.3 Å². The molecule has 1 amide bonds. The lowest BCUT2D eigenvalue weighted by Gasteiger charge is -2.16. The van der Waals surface area contributed by atoms with Gasteiger partial charge in [0.2, 0.25) is 0 Å². The monoisotopic (exact) mass is 389 g/mol. The van der Waals surface area contributed by atoms with Gasteiger partial charge in [0.25, 0.3) is 5.91 Å². The zero-order chi connectivity index (χ0) is 17.5. The molecule has 1 N–H and O–H groups in total. The van der Waals surface area contributed by atoms with E-state index in [1.54, 1.807) is 19.1 Å². The molecule has 2 aromatic rings. The molecule has 2 atom stereocenters. The van der Waals surface area contributed by atoms with Gasteiger partial charge in [-0.1, -0.05) is 53.2 Å². The first-order valence-electron chi connectivity index (χ1n) is 7.76. The number of carbonyl (C=O) groups is 2. The van der Waals surface area contributed by atoms with Crippen molar-refractivity contribution in [1.82, 2.24) is 0 Å². The SMILES string of the molecule is C[C@H](OC(=O)C[C@H](C)c1ccccc1)C(=O)Nc1ccc(Br)cc1. The molecule has 0 saturated heterocycles. The average molecular weight is 390 g/mol. The largest absolute Gasteiger partial charge is 0.453 e. The van der Waals surface area contributed by atoms with E-state index >= 15 is 0 Å². The first-order valence-corrected chi connectivity index (χ1v) is 8.56. The molecule has 4 nitrogen and oxygen atoms in total. The van der Waals surface area contributed by atoms with Crippen LogP contribution in [0.1, 0.15) is 31.7 Å². The Balaban J connectivity index is 1.84. The number of halogens is 1. The van der Waals surface area contributed by atoms with E-state index in [4.69, 9.17) is 4.74 Å². The van der Waals surface area contributed by atoms with Crippen LogP contribution >= 0.6 is 15.9 Å². The highest BCUT2D eigenvalue weighted by Crippen LogP contribution is 2.19. The number of carbonyl (C=O) groups excluding carboxylic acids is 2. The molecule has 0 saturated carbocycles. The summed E-state index contributed by atoms with van der Waals surface area (Å²) in [5, 5.41) is 2.72. The summed E-state index contributed by atoms with van der Waals surface area (Å²) in [6, 6.07) is 17.0. The summed E-state index contributed by atoms with van der Waals surface area (Å²) >= 11 is 3.33. The van der Waals surface area contributed by atoms with E-state index in [-0.39, 0.29) is 24.2 Å². The topological polar surface area (TPSA) is 55.4 Å². The van der Waals surface area contributed by atoms with Gasteiger partial charge in [-0.15, -0.1) is 0 Å². The van der Waals surface area contributed by atoms with Crippen LogP contribution in [0.4, 0.5) is 5.69 Å². The van der Waals surface area contributed by atoms with E-state index in [0.29, 0.717) is 5.69 Å². The molecule has 0 unspecified atom stereocenters. The average Bonchev–Trinajstić information content (AvgIpc) is 2.57. The number of amides is 1. The third kappa shape index (κ3) is 5.49. The lowest BCUT2D eigenvalue weighted by molar-refractivity contribution is -0.153. The summed E-state index contributed by atoms with van der Waals surface area (Å²) < 4.78 is 6.17. The molecule has 0 aliphatic carbocycles. The van der Waals surface area contributed by atoms with Crippen LogP contribution in [0.3, 0.4) is 0 Å². The smallest absolute Gasteiger partial charge is 0.307 e. The van der Waals surface area contributed by atoms with Crippen molar-refractivity contribution in [3.8, 4) is 0 Å². The van der Waals surface area contributed by atoms with Crippen molar-refractivity contribution in [2.24, 2.45) is 0 Å². The van der Waals surface area contributed by atoms with Crippen LogP contribution in [0.15, 0.2) is 59.1 Å². The zero-order valence-electron chi connectivity index (χ0n) is 13.7. The number of benzene rings is 2. The first kappa shape index (κ1) is 18.2. The maximum absolute atomic E-state index is 12.1. The van der Waals surface area contributed by atoms with Crippen LogP contribution in [0.25, 0.3) is 0 Å². The molecule has 0 fully saturated rings. The molecule has 0 aliphatic rings. The van der Waals surface area contributed by atoms with Gasteiger partial charge >= 0.3 is 5.97 Å². The predicted octanol–water partition coefficient (Wildman–Crippen LogP) is 4.51. The summed E-state index contributed by atoms with van der Waals surface area (Å²) in [6.45, 7) is 3.53. The maximum Gasteiger partial charge on any atom is 0.307 e. The number of esters is 1. The highest BCUT2D eigenvalue weighted by Gasteiger charge is 2.20. The van der Waals surface area contributed by atoms with Crippen LogP contribution in [0, 0.1) is 0 Å². The van der Waals surface area contributed by atoms with E-state index in [1.807, 2.05) is 49.4 Å². The van der Waals surface area contributed by atoms with Gasteiger partial charge in [-0.3, -0.25) is 9.59 Å². The van der Waals surface area contributed by atoms with Gasteiger partial charge in [-0.05, 0) is 42.7 Å². The van der Waals surface area contributed by atoms with Crippen LogP contribution < -0.4 is 5.32 Å². The van der Waals surface area contributed by atoms with Crippen molar-refractivity contribution in [1.29, 1.82) is 0 Å². The minimum absolute atomic E-state index is 0.0421. The normalized spacial score (nSPS) is 13.0. The number of nitrogens with one attached hydrogen (secondary N) is 1. The number of rotatable bonds is 6. The maximum atomic E-state index is 12.1. The molecule has 2 rings (SSSR count). The van der Waals surface area contributed by atoms with Gasteiger partial charge in [0, 0.05) is 10.2 Å². The second-order valence-corrected chi connectivity index (χ2v) is 6.56. The van der Waals surface area contributed by atoms with Crippen molar-refractivity contribution in [3.05, 3.63) is 64.6 Å². The molecule has 2 aromatic carbocycles. The Morgan fingerprint density at radius 3 is 2.29 bits per heavy atom. The summed E-state index contributed by atoms with van der Waals surface area (Å²) in [5.41, 5.74) is 1.73. The van der Waals surface area contributed by atoms with Gasteiger partial charge in [0.15, 0.2) is 6.10 Å². The van der Waals surface area contributed by atoms with E-state index in [9.17, 15) is 9.59 Å². The number of anilines is 1. The van der Waals surface area contributed by atoms with Gasteiger partial charge in [0.05, 0.1) is 6.42 Å². The second-order valence-electron chi connectivity index (χ2n) is 5.64. The standard InChI is InChI=1S/C19H20BrNO3/c1-13(15-6-4-3-5-7-15)12-18(22)24-14(2)19(23)21-17-10-8-16(20)9-11-17/h3-11,13-14H,12H2,1-2H3,(H,21,23)/t13-,14-/m0/s1. The third-order valence-corrected chi connectivity index (χ3v) is 4.16. The third-order valence-electron chi connectivity index (χ3n) is 3.63. The van der Waals surface area contributed by atoms with E-state index < -0.39 is 6.10 Å². The minimum atomic E-state index is -0.843. The summed E-state index contributed by atoms with van der Waals surface area (Å²) in [7, 11) is 0. The molecule has 24 heavy (non-hydrogen) atoms. The predicted molar refractivity (Wildman–Crippen MR) is 97.8 cm³/mol. The van der Waals surface area contributed by atoms with Gasteiger partial charge in [-0.25, -0.2) is 0 Å². The summed E-state index contributed by atoms with van der Waals surface area (Å²) in [4.78, 5) is 24.1. The molecule has 126 valence electrons. The van der Waals surface area contributed by atoms with Crippen molar-refractivity contribution in [3.63, 3.8) is 0 Å². The van der Waals surface area contributed by atoms with Crippen LogP contribution in [-0.4, -0.2) is 18.0 Å². The summed E-state index contributed by atoms with van der Waals surface area (Å²) in [6.07, 6.45) is -0.607. The Kier molecular flexibility index (Phi) is 6.55. The molecule has 0 spiro atoms. The molecule has 5 heteroatoms. The Morgan fingerprint density at radius 1 is 1.04 bits per heavy atom. The molecule has 0 radical (unpaired) electrons. The Hall–Kier alpha value is -2.14. The molecular formula is C19H20BrNO3. The highest BCUT2D eigenvalue weighted by molar-refractivity contribution is 9.10. The second kappa shape index (κ2) is 8.64. The van der Waals surface area contributed by atoms with Gasteiger partial charge in [0.1, 0.15) is 0 Å². The number of ether oxygens (including phenoxy) is 1. The van der Waals surface area contributed by atoms with Crippen LogP contribution in [0.5, 0.6) is 0 Å². The van der Waals surface area contributed by atoms with Gasteiger partial charge < -0.3 is 10.1 Å². The number of hydrogen-bond acceptors (Lipinski definition) is 3. The minimum Gasteiger partial charge on any atom is -0.453 e. The Bertz CT molecular complexity index is 686. The lowest BCUT2D eigenvalue weighted by Crippen LogP contribution is -2.30. The fraction of sp³-hybridized carbons (Fsp3) is 0.263. The van der Waals surface area contributed by atoms with Crippen molar-refractivity contribution in [2.45, 2.75) is 32.3 Å². The zero-order valence-corrected chi connectivity index (χ0v) is 15.2. The van der Waals surface area contributed by atoms with Crippen LogP contribution in [0.2, 0.25) is 0 Å². The molecular weight excluding hydrogens is 370 g/mol. The summed E-state index contributed by atoms with van der Waals surface area (Å²) in [5.74, 6) is -0.691. The molecule has 0 aromatic heterocycles. The fourth-order valence-corrected chi connectivity index (χ4v) is 2.49. The van der Waals surface area contributed by atoms with E-state index in [0.717, 1.165) is 10.0 Å². The first-order chi connectivity index (χ1) is 11.5. The molecule has 0 bridgehead atoms. The number of hydrogen-bond donors (Lipinski definition) is 1. The highest BCUT2D eigenvalue weighted by atomic mass is 79.9.